The number of hydrogen-bond donors (Lipinski definition) is 0. The highest BCUT2D eigenvalue weighted by atomic mass is 19.1. The second-order valence-electron chi connectivity index (χ2n) is 5.04. The third-order valence-electron chi connectivity index (χ3n) is 3.55. The number of aromatic nitrogens is 3. The fourth-order valence-electron chi connectivity index (χ4n) is 2.40. The van der Waals surface area contributed by atoms with E-state index in [1.54, 1.807) is 16.8 Å². The van der Waals surface area contributed by atoms with Crippen LogP contribution in [0.5, 0.6) is 0 Å². The standard InChI is InChI=1S/C17H14FN3O/c1-12-5-2-3-6-14(12)10-21-17(16(11-22)19-20-21)13-7-4-8-15(18)9-13/h2-9,11H,10H2,1H3. The lowest BCUT2D eigenvalue weighted by Crippen LogP contribution is -2.06. The van der Waals surface area contributed by atoms with Gasteiger partial charge in [-0.3, -0.25) is 4.79 Å². The Balaban J connectivity index is 2.08. The minimum Gasteiger partial charge on any atom is -0.296 e. The Morgan fingerprint density at radius 3 is 2.73 bits per heavy atom. The zero-order valence-corrected chi connectivity index (χ0v) is 12.0. The summed E-state index contributed by atoms with van der Waals surface area (Å²) in [6.07, 6.45) is 0.640. The van der Waals surface area contributed by atoms with E-state index in [1.165, 1.54) is 12.1 Å². The predicted molar refractivity (Wildman–Crippen MR) is 81.1 cm³/mol. The molecule has 0 saturated heterocycles. The maximum absolute atomic E-state index is 13.5. The van der Waals surface area contributed by atoms with Crippen molar-refractivity contribution in [2.45, 2.75) is 13.5 Å². The molecule has 0 unspecified atom stereocenters. The highest BCUT2D eigenvalue weighted by molar-refractivity contribution is 5.83. The van der Waals surface area contributed by atoms with Gasteiger partial charge in [0.2, 0.25) is 0 Å². The fraction of sp³-hybridized carbons (Fsp3) is 0.118. The van der Waals surface area contributed by atoms with Crippen LogP contribution in [0.1, 0.15) is 21.6 Å². The van der Waals surface area contributed by atoms with Gasteiger partial charge in [-0.15, -0.1) is 5.10 Å². The van der Waals surface area contributed by atoms with Crippen LogP contribution in [0.4, 0.5) is 4.39 Å². The van der Waals surface area contributed by atoms with E-state index in [4.69, 9.17) is 0 Å². The number of aryl methyl sites for hydroxylation is 1. The molecule has 0 amide bonds. The molecule has 0 aliphatic rings. The maximum atomic E-state index is 13.5. The molecular weight excluding hydrogens is 281 g/mol. The lowest BCUT2D eigenvalue weighted by Gasteiger charge is -2.09. The first kappa shape index (κ1) is 14.1. The molecule has 0 fully saturated rings. The van der Waals surface area contributed by atoms with E-state index < -0.39 is 0 Å². The topological polar surface area (TPSA) is 47.8 Å². The van der Waals surface area contributed by atoms with Crippen LogP contribution >= 0.6 is 0 Å². The summed E-state index contributed by atoms with van der Waals surface area (Å²) < 4.78 is 15.1. The van der Waals surface area contributed by atoms with Gasteiger partial charge in [0.05, 0.1) is 12.2 Å². The van der Waals surface area contributed by atoms with Gasteiger partial charge in [0.25, 0.3) is 0 Å². The molecule has 1 aromatic heterocycles. The molecule has 3 rings (SSSR count). The van der Waals surface area contributed by atoms with Gasteiger partial charge in [-0.25, -0.2) is 9.07 Å². The minimum atomic E-state index is -0.363. The molecule has 0 radical (unpaired) electrons. The van der Waals surface area contributed by atoms with E-state index in [9.17, 15) is 9.18 Å². The molecule has 0 aliphatic carbocycles. The third-order valence-corrected chi connectivity index (χ3v) is 3.55. The number of hydrogen-bond acceptors (Lipinski definition) is 3. The first-order chi connectivity index (χ1) is 10.7. The van der Waals surface area contributed by atoms with Crippen molar-refractivity contribution >= 4 is 6.29 Å². The van der Waals surface area contributed by atoms with Gasteiger partial charge in [-0.2, -0.15) is 0 Å². The van der Waals surface area contributed by atoms with Crippen molar-refractivity contribution in [2.75, 3.05) is 0 Å². The van der Waals surface area contributed by atoms with Gasteiger partial charge < -0.3 is 0 Å². The van der Waals surface area contributed by atoms with Crippen molar-refractivity contribution in [3.8, 4) is 11.3 Å². The van der Waals surface area contributed by atoms with Crippen molar-refractivity contribution < 1.29 is 9.18 Å². The molecule has 0 N–H and O–H groups in total. The molecule has 0 aliphatic heterocycles. The number of carbonyl (C=O) groups excluding carboxylic acids is 1. The molecule has 22 heavy (non-hydrogen) atoms. The third kappa shape index (κ3) is 2.65. The molecule has 0 spiro atoms. The van der Waals surface area contributed by atoms with Crippen LogP contribution in [0.15, 0.2) is 48.5 Å². The van der Waals surface area contributed by atoms with E-state index in [1.807, 2.05) is 31.2 Å². The monoisotopic (exact) mass is 295 g/mol. The summed E-state index contributed by atoms with van der Waals surface area (Å²) in [4.78, 5) is 11.2. The Bertz CT molecular complexity index is 826. The molecule has 1 heterocycles. The Hall–Kier alpha value is -2.82. The summed E-state index contributed by atoms with van der Waals surface area (Å²) in [6.45, 7) is 2.48. The number of aldehydes is 1. The van der Waals surface area contributed by atoms with Crippen molar-refractivity contribution in [1.82, 2.24) is 15.0 Å². The second-order valence-corrected chi connectivity index (χ2v) is 5.04. The van der Waals surface area contributed by atoms with E-state index in [-0.39, 0.29) is 11.5 Å². The van der Waals surface area contributed by atoms with E-state index in [2.05, 4.69) is 10.3 Å². The van der Waals surface area contributed by atoms with Crippen molar-refractivity contribution in [3.05, 3.63) is 71.2 Å². The summed E-state index contributed by atoms with van der Waals surface area (Å²) >= 11 is 0. The Morgan fingerprint density at radius 1 is 1.18 bits per heavy atom. The lowest BCUT2D eigenvalue weighted by atomic mass is 10.1. The molecule has 0 saturated carbocycles. The molecule has 0 atom stereocenters. The maximum Gasteiger partial charge on any atom is 0.172 e. The zero-order valence-electron chi connectivity index (χ0n) is 12.0. The Morgan fingerprint density at radius 2 is 2.00 bits per heavy atom. The normalized spacial score (nSPS) is 10.6. The van der Waals surface area contributed by atoms with Crippen LogP contribution in [-0.4, -0.2) is 21.3 Å². The molecule has 110 valence electrons. The largest absolute Gasteiger partial charge is 0.296 e. The predicted octanol–water partition coefficient (Wildman–Crippen LogP) is 3.25. The van der Waals surface area contributed by atoms with Crippen LogP contribution in [0.25, 0.3) is 11.3 Å². The molecule has 3 aromatic rings. The first-order valence-electron chi connectivity index (χ1n) is 6.88. The minimum absolute atomic E-state index is 0.208. The van der Waals surface area contributed by atoms with E-state index in [0.29, 0.717) is 24.1 Å². The summed E-state index contributed by atoms with van der Waals surface area (Å²) in [6, 6.07) is 14.0. The zero-order chi connectivity index (χ0) is 15.5. The first-order valence-corrected chi connectivity index (χ1v) is 6.88. The smallest absolute Gasteiger partial charge is 0.172 e. The van der Waals surface area contributed by atoms with Crippen LogP contribution in [-0.2, 0) is 6.54 Å². The number of halogens is 1. The Labute approximate surface area is 127 Å². The van der Waals surface area contributed by atoms with Crippen molar-refractivity contribution in [3.63, 3.8) is 0 Å². The second kappa shape index (κ2) is 5.89. The number of carbonyl (C=O) groups is 1. The van der Waals surface area contributed by atoms with Crippen molar-refractivity contribution in [2.24, 2.45) is 0 Å². The molecular formula is C17H14FN3O. The quantitative estimate of drug-likeness (QED) is 0.694. The van der Waals surface area contributed by atoms with Crippen LogP contribution < -0.4 is 0 Å². The number of nitrogens with zero attached hydrogens (tertiary/aromatic N) is 3. The van der Waals surface area contributed by atoms with Gasteiger partial charge in [-0.1, -0.05) is 41.6 Å². The summed E-state index contributed by atoms with van der Waals surface area (Å²) in [7, 11) is 0. The molecule has 4 nitrogen and oxygen atoms in total. The summed E-state index contributed by atoms with van der Waals surface area (Å²) in [5, 5.41) is 7.93. The Kier molecular flexibility index (Phi) is 3.78. The SMILES string of the molecule is Cc1ccccc1Cn1nnc(C=O)c1-c1cccc(F)c1. The lowest BCUT2D eigenvalue weighted by molar-refractivity contribution is 0.111. The van der Waals surface area contributed by atoms with Crippen LogP contribution in [0.2, 0.25) is 0 Å². The van der Waals surface area contributed by atoms with Gasteiger partial charge in [0.1, 0.15) is 5.82 Å². The van der Waals surface area contributed by atoms with Gasteiger partial charge in [0, 0.05) is 5.56 Å². The van der Waals surface area contributed by atoms with Gasteiger partial charge >= 0.3 is 0 Å². The average molecular weight is 295 g/mol. The van der Waals surface area contributed by atoms with E-state index >= 15 is 0 Å². The van der Waals surface area contributed by atoms with Crippen molar-refractivity contribution in [1.29, 1.82) is 0 Å². The molecule has 2 aromatic carbocycles. The highest BCUT2D eigenvalue weighted by Gasteiger charge is 2.15. The van der Waals surface area contributed by atoms with E-state index in [0.717, 1.165) is 11.1 Å². The molecule has 5 heteroatoms. The fourth-order valence-corrected chi connectivity index (χ4v) is 2.40. The number of rotatable bonds is 4. The average Bonchev–Trinajstić information content (AvgIpc) is 2.92. The summed E-state index contributed by atoms with van der Waals surface area (Å²) in [5.74, 6) is -0.363. The highest BCUT2D eigenvalue weighted by Crippen LogP contribution is 2.23. The van der Waals surface area contributed by atoms with Crippen LogP contribution in [0, 0.1) is 12.7 Å². The van der Waals surface area contributed by atoms with Gasteiger partial charge in [-0.05, 0) is 30.2 Å². The number of benzene rings is 2. The molecule has 0 bridgehead atoms. The van der Waals surface area contributed by atoms with Gasteiger partial charge in [0.15, 0.2) is 12.0 Å². The summed E-state index contributed by atoms with van der Waals surface area (Å²) in [5.41, 5.74) is 3.51. The van der Waals surface area contributed by atoms with Crippen LogP contribution in [0.3, 0.4) is 0 Å².